The number of ether oxygens (including phenoxy) is 3. The van der Waals surface area contributed by atoms with E-state index in [9.17, 15) is 14.4 Å². The van der Waals surface area contributed by atoms with E-state index < -0.39 is 6.10 Å². The van der Waals surface area contributed by atoms with Gasteiger partial charge in [-0.15, -0.1) is 0 Å². The highest BCUT2D eigenvalue weighted by atomic mass is 16.6. The molecule has 0 saturated heterocycles. The van der Waals surface area contributed by atoms with Crippen LogP contribution < -0.4 is 0 Å². The van der Waals surface area contributed by atoms with Crippen LogP contribution in [-0.4, -0.2) is 37.2 Å². The first-order valence-corrected chi connectivity index (χ1v) is 26.7. The second kappa shape index (κ2) is 52.9. The van der Waals surface area contributed by atoms with Crippen LogP contribution in [0, 0.1) is 0 Å². The molecule has 0 spiro atoms. The Labute approximate surface area is 400 Å². The van der Waals surface area contributed by atoms with Crippen molar-refractivity contribution >= 4 is 17.9 Å². The van der Waals surface area contributed by atoms with Gasteiger partial charge in [0.2, 0.25) is 0 Å². The molecule has 0 saturated carbocycles. The maximum Gasteiger partial charge on any atom is 0.306 e. The van der Waals surface area contributed by atoms with E-state index in [1.165, 1.54) is 116 Å². The van der Waals surface area contributed by atoms with Crippen LogP contribution in [0.15, 0.2) is 97.2 Å². The van der Waals surface area contributed by atoms with Crippen LogP contribution in [0.1, 0.15) is 239 Å². The number of allylic oxidation sites excluding steroid dienone is 16. The van der Waals surface area contributed by atoms with Crippen molar-refractivity contribution in [1.29, 1.82) is 0 Å². The molecular formula is C59H98O6. The van der Waals surface area contributed by atoms with E-state index in [1.54, 1.807) is 0 Å². The molecule has 370 valence electrons. The number of unbranched alkanes of at least 4 members (excludes halogenated alkanes) is 20. The summed E-state index contributed by atoms with van der Waals surface area (Å²) in [7, 11) is 0. The molecule has 0 heterocycles. The fraction of sp³-hybridized carbons (Fsp3) is 0.678. The van der Waals surface area contributed by atoms with Crippen LogP contribution in [-0.2, 0) is 28.6 Å². The number of carbonyl (C=O) groups is 3. The van der Waals surface area contributed by atoms with Crippen molar-refractivity contribution in [1.82, 2.24) is 0 Å². The van der Waals surface area contributed by atoms with Gasteiger partial charge in [-0.25, -0.2) is 0 Å². The zero-order valence-corrected chi connectivity index (χ0v) is 42.2. The van der Waals surface area contributed by atoms with Crippen molar-refractivity contribution < 1.29 is 28.6 Å². The predicted octanol–water partition coefficient (Wildman–Crippen LogP) is 17.8. The molecule has 0 fully saturated rings. The molecule has 0 amide bonds. The van der Waals surface area contributed by atoms with Crippen LogP contribution in [0.4, 0.5) is 0 Å². The van der Waals surface area contributed by atoms with Gasteiger partial charge in [0.1, 0.15) is 13.2 Å². The molecule has 0 aromatic rings. The van der Waals surface area contributed by atoms with E-state index in [4.69, 9.17) is 14.2 Å². The minimum atomic E-state index is -0.829. The largest absolute Gasteiger partial charge is 0.462 e. The Morgan fingerprint density at radius 3 is 1.00 bits per heavy atom. The predicted molar refractivity (Wildman–Crippen MR) is 279 cm³/mol. The first-order valence-electron chi connectivity index (χ1n) is 26.7. The lowest BCUT2D eigenvalue weighted by Gasteiger charge is -2.18. The molecule has 0 rings (SSSR count). The Morgan fingerprint density at radius 1 is 0.323 bits per heavy atom. The summed E-state index contributed by atoms with van der Waals surface area (Å²) in [5.41, 5.74) is 0. The zero-order valence-electron chi connectivity index (χ0n) is 42.2. The lowest BCUT2D eigenvalue weighted by molar-refractivity contribution is -0.166. The summed E-state index contributed by atoms with van der Waals surface area (Å²) in [6.45, 7) is 6.40. The summed E-state index contributed by atoms with van der Waals surface area (Å²) in [6.07, 6.45) is 69.9. The van der Waals surface area contributed by atoms with Crippen molar-refractivity contribution in [3.63, 3.8) is 0 Å². The zero-order chi connectivity index (χ0) is 47.2. The first kappa shape index (κ1) is 61.3. The van der Waals surface area contributed by atoms with E-state index in [2.05, 4.69) is 99.8 Å². The van der Waals surface area contributed by atoms with Gasteiger partial charge in [-0.3, -0.25) is 14.4 Å². The normalized spacial score (nSPS) is 12.8. The molecule has 0 aromatic carbocycles. The van der Waals surface area contributed by atoms with E-state index in [-0.39, 0.29) is 44.0 Å². The highest BCUT2D eigenvalue weighted by Crippen LogP contribution is 2.15. The fourth-order valence-electron chi connectivity index (χ4n) is 7.11. The summed E-state index contributed by atoms with van der Waals surface area (Å²) >= 11 is 0. The maximum absolute atomic E-state index is 12.8. The van der Waals surface area contributed by atoms with Gasteiger partial charge >= 0.3 is 17.9 Å². The van der Waals surface area contributed by atoms with E-state index in [0.717, 1.165) is 70.6 Å². The van der Waals surface area contributed by atoms with E-state index in [1.807, 2.05) is 18.2 Å². The average Bonchev–Trinajstić information content (AvgIpc) is 3.30. The van der Waals surface area contributed by atoms with Crippen molar-refractivity contribution in [2.24, 2.45) is 0 Å². The molecule has 65 heavy (non-hydrogen) atoms. The minimum absolute atomic E-state index is 0.130. The van der Waals surface area contributed by atoms with E-state index >= 15 is 0 Å². The van der Waals surface area contributed by atoms with Crippen molar-refractivity contribution in [3.8, 4) is 0 Å². The third-order valence-corrected chi connectivity index (χ3v) is 11.1. The molecule has 0 bridgehead atoms. The summed E-state index contributed by atoms with van der Waals surface area (Å²) in [6, 6.07) is 0. The average molecular weight is 903 g/mol. The van der Waals surface area contributed by atoms with Gasteiger partial charge in [-0.05, 0) is 77.0 Å². The third kappa shape index (κ3) is 51.2. The van der Waals surface area contributed by atoms with Gasteiger partial charge in [-0.2, -0.15) is 0 Å². The smallest absolute Gasteiger partial charge is 0.306 e. The van der Waals surface area contributed by atoms with Crippen LogP contribution in [0.25, 0.3) is 0 Å². The van der Waals surface area contributed by atoms with Crippen LogP contribution in [0.5, 0.6) is 0 Å². The van der Waals surface area contributed by atoms with Crippen LogP contribution in [0.3, 0.4) is 0 Å². The third-order valence-electron chi connectivity index (χ3n) is 11.1. The molecule has 0 aliphatic carbocycles. The molecule has 0 radical (unpaired) electrons. The summed E-state index contributed by atoms with van der Waals surface area (Å²) in [5, 5.41) is 0. The number of hydrogen-bond donors (Lipinski definition) is 0. The molecule has 6 nitrogen and oxygen atoms in total. The van der Waals surface area contributed by atoms with Gasteiger partial charge in [0, 0.05) is 19.3 Å². The summed E-state index contributed by atoms with van der Waals surface area (Å²) in [4.78, 5) is 37.9. The standard InChI is InChI=1S/C59H98O6/c1-4-7-10-13-16-19-22-25-27-28-29-30-32-34-37-40-43-46-49-52-58(61)64-55-56(54-63-57(60)51-48-45-42-39-36-33-24-21-18-15-12-9-6-3)65-59(62)53-50-47-44-41-38-35-31-26-23-20-17-14-11-8-5-2/h7,10,16,19,25,27,29-30,33-34,36-37,42-43,45-46,56H,4-6,8-9,11-15,17-18,20-24,26,28,31-32,35,38-41,44,47-55H2,1-3H3/b10-7+,19-16+,27-25+,30-29+,36-33+,37-34+,45-42+,46-43+. The molecule has 0 aromatic heterocycles. The molecular weight excluding hydrogens is 805 g/mol. The van der Waals surface area contributed by atoms with Gasteiger partial charge in [0.15, 0.2) is 6.10 Å². The molecule has 6 heteroatoms. The Morgan fingerprint density at radius 2 is 0.631 bits per heavy atom. The van der Waals surface area contributed by atoms with Crippen molar-refractivity contribution in [2.75, 3.05) is 13.2 Å². The maximum atomic E-state index is 12.8. The highest BCUT2D eigenvalue weighted by Gasteiger charge is 2.19. The molecule has 1 atom stereocenters. The molecule has 0 aliphatic heterocycles. The Kier molecular flexibility index (Phi) is 50.0. The van der Waals surface area contributed by atoms with Gasteiger partial charge in [0.05, 0.1) is 0 Å². The first-order chi connectivity index (χ1) is 32.0. The highest BCUT2D eigenvalue weighted by molar-refractivity contribution is 5.71. The number of carbonyl (C=O) groups excluding carboxylic acids is 3. The number of hydrogen-bond acceptors (Lipinski definition) is 6. The lowest BCUT2D eigenvalue weighted by Crippen LogP contribution is -2.30. The molecule has 0 N–H and O–H groups in total. The van der Waals surface area contributed by atoms with Gasteiger partial charge in [-0.1, -0.05) is 240 Å². The summed E-state index contributed by atoms with van der Waals surface area (Å²) in [5.74, 6) is -1.08. The van der Waals surface area contributed by atoms with Crippen LogP contribution >= 0.6 is 0 Å². The Balaban J connectivity index is 4.54. The topological polar surface area (TPSA) is 78.9 Å². The van der Waals surface area contributed by atoms with Gasteiger partial charge < -0.3 is 14.2 Å². The Hall–Kier alpha value is -3.67. The van der Waals surface area contributed by atoms with Gasteiger partial charge in [0.25, 0.3) is 0 Å². The second-order valence-electron chi connectivity index (χ2n) is 17.4. The van der Waals surface area contributed by atoms with Crippen molar-refractivity contribution in [3.05, 3.63) is 97.2 Å². The van der Waals surface area contributed by atoms with Crippen LogP contribution in [0.2, 0.25) is 0 Å². The monoisotopic (exact) mass is 903 g/mol. The Bertz CT molecular complexity index is 1310. The van der Waals surface area contributed by atoms with E-state index in [0.29, 0.717) is 19.3 Å². The number of esters is 3. The lowest BCUT2D eigenvalue weighted by atomic mass is 10.0. The summed E-state index contributed by atoms with van der Waals surface area (Å²) < 4.78 is 16.7. The van der Waals surface area contributed by atoms with Crippen molar-refractivity contribution in [2.45, 2.75) is 245 Å². The second-order valence-corrected chi connectivity index (χ2v) is 17.4. The SMILES string of the molecule is CC/C=C/C/C=C/C/C=C/C/C=C/C/C=C/C/C=C/CCC(=O)OCC(COC(=O)CC/C=C/C/C=C/CCCCCCCC)OC(=O)CCCCCCCCCCCCCCCCC. The minimum Gasteiger partial charge on any atom is -0.462 e. The molecule has 1 unspecified atom stereocenters. The molecule has 0 aliphatic rings. The fourth-order valence-corrected chi connectivity index (χ4v) is 7.11. The number of rotatable bonds is 47. The quantitative estimate of drug-likeness (QED) is 0.0262.